The van der Waals surface area contributed by atoms with Crippen LogP contribution in [0.4, 0.5) is 0 Å². The van der Waals surface area contributed by atoms with Crippen LogP contribution in [0.2, 0.25) is 5.02 Å². The number of nitrogens with two attached hydrogens (primary N) is 1. The Bertz CT molecular complexity index is 752. The first-order valence-electron chi connectivity index (χ1n) is 6.56. The largest absolute Gasteiger partial charge is 0.324 e. The zero-order chi connectivity index (χ0) is 14.8. The number of benzene rings is 2. The number of hydrogen-bond donors (Lipinski definition) is 1. The van der Waals surface area contributed by atoms with Gasteiger partial charge in [-0.2, -0.15) is 0 Å². The zero-order valence-corrected chi connectivity index (χ0v) is 12.2. The Kier molecular flexibility index (Phi) is 3.68. The first-order valence-corrected chi connectivity index (χ1v) is 6.94. The van der Waals surface area contributed by atoms with Gasteiger partial charge in [0.15, 0.2) is 0 Å². The van der Waals surface area contributed by atoms with Gasteiger partial charge in [-0.05, 0) is 29.8 Å². The minimum Gasteiger partial charge on any atom is -0.324 e. The molecule has 21 heavy (non-hydrogen) atoms. The van der Waals surface area contributed by atoms with Gasteiger partial charge in [0.05, 0.1) is 5.69 Å². The molecule has 6 heteroatoms. The standard InChI is InChI=1S/C15H14ClN5/c1-10(17)13-8-7-12(9-14(13)16)21-19-15(18-20-21)11-5-3-2-4-6-11/h2-10H,17H2,1H3. The van der Waals surface area contributed by atoms with Crippen LogP contribution in [0.25, 0.3) is 17.1 Å². The van der Waals surface area contributed by atoms with Gasteiger partial charge in [0.2, 0.25) is 5.82 Å². The van der Waals surface area contributed by atoms with Crippen molar-refractivity contribution in [1.82, 2.24) is 20.2 Å². The second-order valence-corrected chi connectivity index (χ2v) is 5.17. The minimum absolute atomic E-state index is 0.116. The van der Waals surface area contributed by atoms with E-state index in [1.807, 2.05) is 49.4 Å². The van der Waals surface area contributed by atoms with Gasteiger partial charge in [-0.25, -0.2) is 0 Å². The molecule has 3 rings (SSSR count). The molecule has 0 aliphatic carbocycles. The third-order valence-electron chi connectivity index (χ3n) is 3.15. The number of tetrazole rings is 1. The van der Waals surface area contributed by atoms with Crippen molar-refractivity contribution >= 4 is 11.6 Å². The molecule has 0 saturated heterocycles. The third kappa shape index (κ3) is 2.79. The van der Waals surface area contributed by atoms with E-state index in [0.717, 1.165) is 16.8 Å². The molecule has 2 N–H and O–H groups in total. The molecule has 0 amide bonds. The van der Waals surface area contributed by atoms with Gasteiger partial charge >= 0.3 is 0 Å². The van der Waals surface area contributed by atoms with Crippen LogP contribution in [0.3, 0.4) is 0 Å². The van der Waals surface area contributed by atoms with E-state index in [-0.39, 0.29) is 6.04 Å². The molecule has 0 aliphatic heterocycles. The van der Waals surface area contributed by atoms with Crippen LogP contribution in [0, 0.1) is 0 Å². The maximum Gasteiger partial charge on any atom is 0.205 e. The molecule has 0 aliphatic rings. The van der Waals surface area contributed by atoms with Gasteiger partial charge in [0.1, 0.15) is 0 Å². The molecule has 1 heterocycles. The second kappa shape index (κ2) is 5.63. The Balaban J connectivity index is 1.95. The number of nitrogens with zero attached hydrogens (tertiary/aromatic N) is 4. The molecule has 1 unspecified atom stereocenters. The van der Waals surface area contributed by atoms with Crippen LogP contribution in [-0.4, -0.2) is 20.2 Å². The lowest BCUT2D eigenvalue weighted by Gasteiger charge is -2.09. The lowest BCUT2D eigenvalue weighted by Crippen LogP contribution is -2.07. The normalized spacial score (nSPS) is 12.3. The predicted molar refractivity (Wildman–Crippen MR) is 82.2 cm³/mol. The van der Waals surface area contributed by atoms with Crippen molar-refractivity contribution in [2.75, 3.05) is 0 Å². The maximum atomic E-state index is 6.23. The topological polar surface area (TPSA) is 69.6 Å². The first kappa shape index (κ1) is 13.7. The number of hydrogen-bond acceptors (Lipinski definition) is 4. The summed E-state index contributed by atoms with van der Waals surface area (Å²) in [6.07, 6.45) is 0. The Morgan fingerprint density at radius 1 is 1.14 bits per heavy atom. The Hall–Kier alpha value is -2.24. The molecule has 106 valence electrons. The number of aromatic nitrogens is 4. The molecule has 5 nitrogen and oxygen atoms in total. The molecule has 2 aromatic carbocycles. The van der Waals surface area contributed by atoms with Crippen molar-refractivity contribution in [2.45, 2.75) is 13.0 Å². The van der Waals surface area contributed by atoms with E-state index >= 15 is 0 Å². The van der Waals surface area contributed by atoms with Crippen LogP contribution in [0.5, 0.6) is 0 Å². The lowest BCUT2D eigenvalue weighted by atomic mass is 10.1. The number of rotatable bonds is 3. The molecule has 0 fully saturated rings. The average molecular weight is 300 g/mol. The van der Waals surface area contributed by atoms with E-state index in [4.69, 9.17) is 17.3 Å². The summed E-state index contributed by atoms with van der Waals surface area (Å²) in [4.78, 5) is 1.46. The molecular formula is C15H14ClN5. The summed E-state index contributed by atoms with van der Waals surface area (Å²) in [7, 11) is 0. The Morgan fingerprint density at radius 3 is 2.57 bits per heavy atom. The van der Waals surface area contributed by atoms with Crippen molar-refractivity contribution in [2.24, 2.45) is 5.73 Å². The van der Waals surface area contributed by atoms with Crippen LogP contribution in [-0.2, 0) is 0 Å². The van der Waals surface area contributed by atoms with Gasteiger partial charge in [-0.1, -0.05) is 48.0 Å². The van der Waals surface area contributed by atoms with Crippen LogP contribution >= 0.6 is 11.6 Å². The van der Waals surface area contributed by atoms with Gasteiger partial charge < -0.3 is 5.73 Å². The van der Waals surface area contributed by atoms with Gasteiger partial charge in [0.25, 0.3) is 0 Å². The first-order chi connectivity index (χ1) is 10.1. The second-order valence-electron chi connectivity index (χ2n) is 4.76. The Labute approximate surface area is 127 Å². The van der Waals surface area contributed by atoms with E-state index in [1.54, 1.807) is 6.07 Å². The molecular weight excluding hydrogens is 286 g/mol. The Morgan fingerprint density at radius 2 is 1.90 bits per heavy atom. The summed E-state index contributed by atoms with van der Waals surface area (Å²) in [5.41, 5.74) is 8.41. The monoisotopic (exact) mass is 299 g/mol. The minimum atomic E-state index is -0.116. The molecule has 0 radical (unpaired) electrons. The predicted octanol–water partition coefficient (Wildman–Crippen LogP) is 3.00. The summed E-state index contributed by atoms with van der Waals surface area (Å²) in [5, 5.41) is 13.1. The summed E-state index contributed by atoms with van der Waals surface area (Å²) < 4.78 is 0. The smallest absolute Gasteiger partial charge is 0.205 e. The highest BCUT2D eigenvalue weighted by atomic mass is 35.5. The van der Waals surface area contributed by atoms with Crippen molar-refractivity contribution in [1.29, 1.82) is 0 Å². The van der Waals surface area contributed by atoms with Crippen molar-refractivity contribution in [3.8, 4) is 17.1 Å². The quantitative estimate of drug-likeness (QED) is 0.807. The fourth-order valence-corrected chi connectivity index (χ4v) is 2.38. The molecule has 3 aromatic rings. The summed E-state index contributed by atoms with van der Waals surface area (Å²) in [6.45, 7) is 1.89. The van der Waals surface area contributed by atoms with Gasteiger partial charge in [-0.15, -0.1) is 15.0 Å². The van der Waals surface area contributed by atoms with Crippen LogP contribution in [0.15, 0.2) is 48.5 Å². The van der Waals surface area contributed by atoms with Crippen molar-refractivity contribution in [3.63, 3.8) is 0 Å². The fourth-order valence-electron chi connectivity index (χ4n) is 2.04. The summed E-state index contributed by atoms with van der Waals surface area (Å²) in [6, 6.07) is 15.1. The summed E-state index contributed by atoms with van der Waals surface area (Å²) in [5.74, 6) is 0.572. The zero-order valence-electron chi connectivity index (χ0n) is 11.4. The lowest BCUT2D eigenvalue weighted by molar-refractivity contribution is 0.718. The highest BCUT2D eigenvalue weighted by molar-refractivity contribution is 6.31. The highest BCUT2D eigenvalue weighted by Crippen LogP contribution is 2.24. The molecule has 1 atom stereocenters. The van der Waals surface area contributed by atoms with Gasteiger partial charge in [0, 0.05) is 16.6 Å². The maximum absolute atomic E-state index is 6.23. The third-order valence-corrected chi connectivity index (χ3v) is 3.48. The van der Waals surface area contributed by atoms with Crippen molar-refractivity contribution in [3.05, 3.63) is 59.1 Å². The van der Waals surface area contributed by atoms with Crippen LogP contribution < -0.4 is 5.73 Å². The SMILES string of the molecule is CC(N)c1ccc(-n2nnc(-c3ccccc3)n2)cc1Cl. The molecule has 0 bridgehead atoms. The van der Waals surface area contributed by atoms with E-state index in [2.05, 4.69) is 15.4 Å². The highest BCUT2D eigenvalue weighted by Gasteiger charge is 2.10. The molecule has 0 saturated carbocycles. The molecule has 0 spiro atoms. The fraction of sp³-hybridized carbons (Fsp3) is 0.133. The summed E-state index contributed by atoms with van der Waals surface area (Å²) >= 11 is 6.23. The van der Waals surface area contributed by atoms with Crippen LogP contribution in [0.1, 0.15) is 18.5 Å². The number of halogens is 1. The van der Waals surface area contributed by atoms with E-state index < -0.39 is 0 Å². The molecule has 1 aromatic heterocycles. The van der Waals surface area contributed by atoms with E-state index in [9.17, 15) is 0 Å². The van der Waals surface area contributed by atoms with E-state index in [1.165, 1.54) is 4.80 Å². The van der Waals surface area contributed by atoms with E-state index in [0.29, 0.717) is 10.8 Å². The van der Waals surface area contributed by atoms with Gasteiger partial charge in [-0.3, -0.25) is 0 Å². The average Bonchev–Trinajstić information content (AvgIpc) is 2.97. The van der Waals surface area contributed by atoms with Crippen molar-refractivity contribution < 1.29 is 0 Å².